The number of halogens is 2. The molecule has 0 spiro atoms. The van der Waals surface area contributed by atoms with E-state index in [1.165, 1.54) is 28.1 Å². The summed E-state index contributed by atoms with van der Waals surface area (Å²) in [5, 5.41) is 14.1. The zero-order valence-electron chi connectivity index (χ0n) is 19.3. The SMILES string of the molecule is CN(C)CCN(C=O)c1ccc(-c2cc(F)cc(-c3ccnc(N4CCNC4=O)c3)c2O)cc1Cl. The topological polar surface area (TPSA) is 89.0 Å². The lowest BCUT2D eigenvalue weighted by Crippen LogP contribution is -2.30. The Morgan fingerprint density at radius 2 is 1.86 bits per heavy atom. The first-order valence-corrected chi connectivity index (χ1v) is 11.4. The minimum absolute atomic E-state index is 0.141. The van der Waals surface area contributed by atoms with Crippen molar-refractivity contribution in [1.29, 1.82) is 0 Å². The highest BCUT2D eigenvalue weighted by molar-refractivity contribution is 6.34. The van der Waals surface area contributed by atoms with Crippen molar-refractivity contribution in [3.05, 3.63) is 59.5 Å². The van der Waals surface area contributed by atoms with Gasteiger partial charge in [0.15, 0.2) is 0 Å². The van der Waals surface area contributed by atoms with Gasteiger partial charge in [-0.3, -0.25) is 9.69 Å². The smallest absolute Gasteiger partial charge is 0.323 e. The van der Waals surface area contributed by atoms with Crippen molar-refractivity contribution in [3.63, 3.8) is 0 Å². The molecule has 3 aromatic rings. The fraction of sp³-hybridized carbons (Fsp3) is 0.240. The Kier molecular flexibility index (Phi) is 7.18. The summed E-state index contributed by atoms with van der Waals surface area (Å²) in [7, 11) is 3.81. The van der Waals surface area contributed by atoms with Crippen LogP contribution in [0.4, 0.5) is 20.7 Å². The van der Waals surface area contributed by atoms with Crippen molar-refractivity contribution in [3.8, 4) is 28.0 Å². The molecule has 1 saturated heterocycles. The van der Waals surface area contributed by atoms with Crippen molar-refractivity contribution < 1.29 is 19.1 Å². The molecule has 0 radical (unpaired) electrons. The maximum atomic E-state index is 14.7. The highest BCUT2D eigenvalue weighted by Gasteiger charge is 2.23. The van der Waals surface area contributed by atoms with E-state index >= 15 is 0 Å². The Morgan fingerprint density at radius 1 is 1.14 bits per heavy atom. The summed E-state index contributed by atoms with van der Waals surface area (Å²) >= 11 is 6.48. The number of carbonyl (C=O) groups is 2. The molecule has 10 heteroatoms. The van der Waals surface area contributed by atoms with Crippen LogP contribution in [0.1, 0.15) is 0 Å². The molecule has 2 aromatic carbocycles. The molecule has 1 aromatic heterocycles. The predicted octanol–water partition coefficient (Wildman–Crippen LogP) is 3.97. The Bertz CT molecular complexity index is 1270. The van der Waals surface area contributed by atoms with Gasteiger partial charge in [-0.15, -0.1) is 0 Å². The summed E-state index contributed by atoms with van der Waals surface area (Å²) < 4.78 is 14.7. The Labute approximate surface area is 207 Å². The van der Waals surface area contributed by atoms with E-state index in [1.54, 1.807) is 30.3 Å². The van der Waals surface area contributed by atoms with Crippen molar-refractivity contribution in [1.82, 2.24) is 15.2 Å². The van der Waals surface area contributed by atoms with Gasteiger partial charge in [0, 0.05) is 43.5 Å². The van der Waals surface area contributed by atoms with Crippen LogP contribution in [0.3, 0.4) is 0 Å². The quantitative estimate of drug-likeness (QED) is 0.460. The van der Waals surface area contributed by atoms with E-state index in [2.05, 4.69) is 10.3 Å². The molecular formula is C25H25ClFN5O3. The van der Waals surface area contributed by atoms with Crippen LogP contribution in [0.2, 0.25) is 5.02 Å². The third-order valence-corrected chi connectivity index (χ3v) is 6.05. The number of nitrogens with one attached hydrogen (secondary N) is 1. The number of aromatic nitrogens is 1. The van der Waals surface area contributed by atoms with Crippen LogP contribution >= 0.6 is 11.6 Å². The average Bonchev–Trinajstić information content (AvgIpc) is 3.27. The molecule has 2 N–H and O–H groups in total. The van der Waals surface area contributed by atoms with Crippen molar-refractivity contribution in [2.24, 2.45) is 0 Å². The number of likely N-dealkylation sites (N-methyl/N-ethyl adjacent to an activating group) is 1. The minimum atomic E-state index is -0.550. The van der Waals surface area contributed by atoms with Crippen LogP contribution < -0.4 is 15.1 Å². The molecule has 1 fully saturated rings. The van der Waals surface area contributed by atoms with Crippen LogP contribution in [0.25, 0.3) is 22.3 Å². The number of rotatable bonds is 8. The molecule has 35 heavy (non-hydrogen) atoms. The number of benzene rings is 2. The monoisotopic (exact) mass is 497 g/mol. The number of hydrogen-bond donors (Lipinski definition) is 2. The largest absolute Gasteiger partial charge is 0.507 e. The summed E-state index contributed by atoms with van der Waals surface area (Å²) in [6.45, 7) is 2.07. The van der Waals surface area contributed by atoms with E-state index in [4.69, 9.17) is 11.6 Å². The highest BCUT2D eigenvalue weighted by Crippen LogP contribution is 2.41. The molecule has 3 amide bonds. The molecule has 182 valence electrons. The second kappa shape index (κ2) is 10.3. The second-order valence-electron chi connectivity index (χ2n) is 8.40. The van der Waals surface area contributed by atoms with Gasteiger partial charge < -0.3 is 20.2 Å². The summed E-state index contributed by atoms with van der Waals surface area (Å²) in [4.78, 5) is 32.8. The molecule has 2 heterocycles. The van der Waals surface area contributed by atoms with Gasteiger partial charge in [-0.25, -0.2) is 14.2 Å². The van der Waals surface area contributed by atoms with Gasteiger partial charge in [-0.2, -0.15) is 0 Å². The summed E-state index contributed by atoms with van der Waals surface area (Å²) in [5.41, 5.74) is 2.02. The fourth-order valence-electron chi connectivity index (χ4n) is 3.91. The van der Waals surface area contributed by atoms with E-state index in [0.29, 0.717) is 60.2 Å². The van der Waals surface area contributed by atoms with Crippen LogP contribution in [0.15, 0.2) is 48.7 Å². The molecule has 1 aliphatic heterocycles. The minimum Gasteiger partial charge on any atom is -0.507 e. The van der Waals surface area contributed by atoms with Crippen molar-refractivity contribution in [2.45, 2.75) is 0 Å². The number of carbonyl (C=O) groups excluding carboxylic acids is 2. The molecular weight excluding hydrogens is 473 g/mol. The fourth-order valence-corrected chi connectivity index (χ4v) is 4.20. The van der Waals surface area contributed by atoms with E-state index in [9.17, 15) is 19.1 Å². The summed E-state index contributed by atoms with van der Waals surface area (Å²) in [6.07, 6.45) is 2.22. The van der Waals surface area contributed by atoms with Crippen LogP contribution in [0.5, 0.6) is 5.75 Å². The van der Waals surface area contributed by atoms with Gasteiger partial charge in [0.25, 0.3) is 0 Å². The van der Waals surface area contributed by atoms with Gasteiger partial charge in [-0.1, -0.05) is 17.7 Å². The lowest BCUT2D eigenvalue weighted by Gasteiger charge is -2.21. The lowest BCUT2D eigenvalue weighted by molar-refractivity contribution is -0.107. The average molecular weight is 498 g/mol. The molecule has 8 nitrogen and oxygen atoms in total. The third kappa shape index (κ3) is 5.21. The van der Waals surface area contributed by atoms with Gasteiger partial charge in [0.1, 0.15) is 17.4 Å². The molecule has 1 aliphatic rings. The molecule has 0 saturated carbocycles. The third-order valence-electron chi connectivity index (χ3n) is 5.75. The van der Waals surface area contributed by atoms with E-state index in [0.717, 1.165) is 0 Å². The zero-order valence-corrected chi connectivity index (χ0v) is 20.1. The number of aromatic hydroxyl groups is 1. The number of hydrogen-bond acceptors (Lipinski definition) is 5. The van der Waals surface area contributed by atoms with E-state index in [-0.39, 0.29) is 22.9 Å². The van der Waals surface area contributed by atoms with E-state index < -0.39 is 5.82 Å². The molecule has 0 atom stereocenters. The standard InChI is InChI=1S/C25H25ClFN5O3/c1-30(2)9-10-31(15-33)22-4-3-16(11-21(22)26)19-13-18(27)14-20(24(19)34)17-5-6-28-23(12-17)32-8-7-29-25(32)35/h3-6,11-15,34H,7-10H2,1-2H3,(H,29,35). The summed E-state index contributed by atoms with van der Waals surface area (Å²) in [6, 6.07) is 10.4. The number of amides is 3. The maximum Gasteiger partial charge on any atom is 0.323 e. The molecule has 0 aliphatic carbocycles. The van der Waals surface area contributed by atoms with Crippen LogP contribution in [-0.2, 0) is 4.79 Å². The number of phenols is 1. The van der Waals surface area contributed by atoms with Gasteiger partial charge in [0.2, 0.25) is 6.41 Å². The van der Waals surface area contributed by atoms with Gasteiger partial charge >= 0.3 is 6.03 Å². The first-order chi connectivity index (χ1) is 16.8. The van der Waals surface area contributed by atoms with Crippen molar-refractivity contribution in [2.75, 3.05) is 50.1 Å². The second-order valence-corrected chi connectivity index (χ2v) is 8.81. The Morgan fingerprint density at radius 3 is 2.46 bits per heavy atom. The molecule has 4 rings (SSSR count). The highest BCUT2D eigenvalue weighted by atomic mass is 35.5. The zero-order chi connectivity index (χ0) is 25.1. The number of nitrogens with zero attached hydrogens (tertiary/aromatic N) is 4. The Balaban J connectivity index is 1.70. The summed E-state index contributed by atoms with van der Waals surface area (Å²) in [5.74, 6) is -0.286. The van der Waals surface area contributed by atoms with Gasteiger partial charge in [0.05, 0.1) is 10.7 Å². The first kappa shape index (κ1) is 24.4. The van der Waals surface area contributed by atoms with E-state index in [1.807, 2.05) is 19.0 Å². The molecule has 0 bridgehead atoms. The predicted molar refractivity (Wildman–Crippen MR) is 134 cm³/mol. The molecule has 0 unspecified atom stereocenters. The normalized spacial score (nSPS) is 13.3. The number of phenolic OH excluding ortho intramolecular Hbond substituents is 1. The van der Waals surface area contributed by atoms with Crippen LogP contribution in [0, 0.1) is 5.82 Å². The first-order valence-electron chi connectivity index (χ1n) is 11.0. The Hall–Kier alpha value is -3.69. The van der Waals surface area contributed by atoms with Gasteiger partial charge in [-0.05, 0) is 61.6 Å². The lowest BCUT2D eigenvalue weighted by atomic mass is 9.97. The number of pyridine rings is 1. The maximum absolute atomic E-state index is 14.7. The van der Waals surface area contributed by atoms with Crippen molar-refractivity contribution >= 4 is 35.5 Å². The van der Waals surface area contributed by atoms with Crippen LogP contribution in [-0.4, -0.2) is 67.7 Å². The number of urea groups is 1. The number of anilines is 2.